The summed E-state index contributed by atoms with van der Waals surface area (Å²) >= 11 is 5.98. The van der Waals surface area contributed by atoms with Crippen molar-refractivity contribution in [3.05, 3.63) is 33.8 Å². The number of rotatable bonds is 1. The summed E-state index contributed by atoms with van der Waals surface area (Å²) in [5.41, 5.74) is 2.91. The molecule has 0 atom stereocenters. The molecular weight excluding hydrogens is 182 g/mol. The number of aryl methyl sites for hydroxylation is 1. The quantitative estimate of drug-likeness (QED) is 0.668. The fraction of sp³-hybridized carbons (Fsp3) is 0.364. The SMILES string of the molecule is Cc1cc(C2CC2)cc(Cl)c1C#N. The second kappa shape index (κ2) is 3.05. The lowest BCUT2D eigenvalue weighted by molar-refractivity contribution is 1.12. The van der Waals surface area contributed by atoms with Crippen molar-refractivity contribution in [2.75, 3.05) is 0 Å². The van der Waals surface area contributed by atoms with E-state index >= 15 is 0 Å². The second-order valence-corrected chi connectivity index (χ2v) is 3.99. The topological polar surface area (TPSA) is 23.8 Å². The molecule has 1 aromatic rings. The minimum absolute atomic E-state index is 0.601. The summed E-state index contributed by atoms with van der Waals surface area (Å²) in [6.07, 6.45) is 2.53. The largest absolute Gasteiger partial charge is 0.192 e. The van der Waals surface area contributed by atoms with Crippen LogP contribution >= 0.6 is 11.6 Å². The zero-order valence-electron chi connectivity index (χ0n) is 7.47. The normalized spacial score (nSPS) is 15.5. The lowest BCUT2D eigenvalue weighted by Crippen LogP contribution is -1.88. The molecule has 2 heteroatoms. The Balaban J connectivity index is 2.50. The summed E-state index contributed by atoms with van der Waals surface area (Å²) < 4.78 is 0. The van der Waals surface area contributed by atoms with Gasteiger partial charge in [-0.15, -0.1) is 0 Å². The lowest BCUT2D eigenvalue weighted by atomic mass is 10.0. The molecule has 0 radical (unpaired) electrons. The minimum Gasteiger partial charge on any atom is -0.192 e. The van der Waals surface area contributed by atoms with Gasteiger partial charge in [-0.1, -0.05) is 17.7 Å². The summed E-state index contributed by atoms with van der Waals surface area (Å²) in [6.45, 7) is 1.94. The summed E-state index contributed by atoms with van der Waals surface area (Å²) in [4.78, 5) is 0. The van der Waals surface area contributed by atoms with E-state index in [9.17, 15) is 0 Å². The molecule has 0 heterocycles. The predicted molar refractivity (Wildman–Crippen MR) is 52.9 cm³/mol. The average molecular weight is 192 g/mol. The Bertz CT molecular complexity index is 363. The van der Waals surface area contributed by atoms with E-state index in [2.05, 4.69) is 12.1 Å². The van der Waals surface area contributed by atoms with E-state index in [1.807, 2.05) is 13.0 Å². The summed E-state index contributed by atoms with van der Waals surface area (Å²) in [5.74, 6) is 0.698. The van der Waals surface area contributed by atoms with E-state index in [4.69, 9.17) is 16.9 Å². The van der Waals surface area contributed by atoms with Gasteiger partial charge in [-0.25, -0.2) is 0 Å². The molecule has 0 saturated heterocycles. The first-order valence-electron chi connectivity index (χ1n) is 4.42. The second-order valence-electron chi connectivity index (χ2n) is 3.58. The highest BCUT2D eigenvalue weighted by Gasteiger charge is 2.24. The molecule has 0 N–H and O–H groups in total. The van der Waals surface area contributed by atoms with Crippen molar-refractivity contribution in [2.45, 2.75) is 25.7 Å². The van der Waals surface area contributed by atoms with Crippen molar-refractivity contribution in [3.63, 3.8) is 0 Å². The van der Waals surface area contributed by atoms with E-state index in [0.717, 1.165) is 5.56 Å². The van der Waals surface area contributed by atoms with Crippen LogP contribution in [0.25, 0.3) is 0 Å². The van der Waals surface area contributed by atoms with Crippen LogP contribution in [0.1, 0.15) is 35.4 Å². The van der Waals surface area contributed by atoms with Gasteiger partial charge < -0.3 is 0 Å². The fourth-order valence-electron chi connectivity index (χ4n) is 1.56. The van der Waals surface area contributed by atoms with E-state index in [1.165, 1.54) is 18.4 Å². The smallest absolute Gasteiger partial charge is 0.101 e. The summed E-state index contributed by atoms with van der Waals surface area (Å²) in [6, 6.07) is 6.14. The fourth-order valence-corrected chi connectivity index (χ4v) is 1.88. The molecule has 1 saturated carbocycles. The standard InChI is InChI=1S/C11H10ClN/c1-7-4-9(8-2-3-8)5-11(12)10(7)6-13/h4-5,8H,2-3H2,1H3. The van der Waals surface area contributed by atoms with Gasteiger partial charge in [0.2, 0.25) is 0 Å². The molecular formula is C11H10ClN. The summed E-state index contributed by atoms with van der Waals surface area (Å²) in [5, 5.41) is 9.41. The van der Waals surface area contributed by atoms with E-state index in [0.29, 0.717) is 16.5 Å². The van der Waals surface area contributed by atoms with Gasteiger partial charge in [-0.2, -0.15) is 5.26 Å². The predicted octanol–water partition coefficient (Wildman–Crippen LogP) is 3.40. The van der Waals surface area contributed by atoms with Crippen LogP contribution < -0.4 is 0 Å². The average Bonchev–Trinajstić information content (AvgIpc) is 2.85. The van der Waals surface area contributed by atoms with Crippen molar-refractivity contribution in [3.8, 4) is 6.07 Å². The summed E-state index contributed by atoms with van der Waals surface area (Å²) in [7, 11) is 0. The first kappa shape index (κ1) is 8.59. The lowest BCUT2D eigenvalue weighted by Gasteiger charge is -2.04. The third-order valence-corrected chi connectivity index (χ3v) is 2.77. The highest BCUT2D eigenvalue weighted by molar-refractivity contribution is 6.31. The molecule has 2 rings (SSSR count). The van der Waals surface area contributed by atoms with E-state index in [-0.39, 0.29) is 0 Å². The van der Waals surface area contributed by atoms with Crippen LogP contribution in [0.5, 0.6) is 0 Å². The van der Waals surface area contributed by atoms with Gasteiger partial charge in [0.05, 0.1) is 10.6 Å². The highest BCUT2D eigenvalue weighted by atomic mass is 35.5. The first-order chi connectivity index (χ1) is 6.22. The molecule has 1 aromatic carbocycles. The van der Waals surface area contributed by atoms with Gasteiger partial charge >= 0.3 is 0 Å². The molecule has 1 fully saturated rings. The third kappa shape index (κ3) is 1.55. The van der Waals surface area contributed by atoms with Crippen molar-refractivity contribution in [1.29, 1.82) is 5.26 Å². The third-order valence-electron chi connectivity index (χ3n) is 2.47. The number of halogens is 1. The first-order valence-corrected chi connectivity index (χ1v) is 4.80. The number of nitrogens with zero attached hydrogens (tertiary/aromatic N) is 1. The Labute approximate surface area is 82.9 Å². The Morgan fingerprint density at radius 3 is 2.62 bits per heavy atom. The maximum absolute atomic E-state index is 8.81. The van der Waals surface area contributed by atoms with Gasteiger partial charge in [0.15, 0.2) is 0 Å². The van der Waals surface area contributed by atoms with Gasteiger partial charge in [0.1, 0.15) is 6.07 Å². The van der Waals surface area contributed by atoms with Gasteiger partial charge in [0.25, 0.3) is 0 Å². The zero-order chi connectivity index (χ0) is 9.42. The Morgan fingerprint density at radius 2 is 2.15 bits per heavy atom. The Kier molecular flexibility index (Phi) is 2.01. The number of nitriles is 1. The van der Waals surface area contributed by atoms with Crippen LogP contribution in [0.15, 0.2) is 12.1 Å². The van der Waals surface area contributed by atoms with Crippen LogP contribution in [0.3, 0.4) is 0 Å². The minimum atomic E-state index is 0.601. The van der Waals surface area contributed by atoms with Crippen LogP contribution in [0.2, 0.25) is 5.02 Å². The molecule has 1 nitrogen and oxygen atoms in total. The maximum atomic E-state index is 8.81. The van der Waals surface area contributed by atoms with Crippen molar-refractivity contribution in [1.82, 2.24) is 0 Å². The van der Waals surface area contributed by atoms with Gasteiger partial charge in [-0.3, -0.25) is 0 Å². The van der Waals surface area contributed by atoms with Crippen LogP contribution in [-0.4, -0.2) is 0 Å². The molecule has 0 amide bonds. The zero-order valence-corrected chi connectivity index (χ0v) is 8.23. The highest BCUT2D eigenvalue weighted by Crippen LogP contribution is 2.41. The molecule has 0 aromatic heterocycles. The van der Waals surface area contributed by atoms with Crippen molar-refractivity contribution in [2.24, 2.45) is 0 Å². The van der Waals surface area contributed by atoms with Gasteiger partial charge in [-0.05, 0) is 42.9 Å². The van der Waals surface area contributed by atoms with E-state index < -0.39 is 0 Å². The molecule has 13 heavy (non-hydrogen) atoms. The molecule has 1 aliphatic carbocycles. The molecule has 0 bridgehead atoms. The van der Waals surface area contributed by atoms with Crippen LogP contribution in [0.4, 0.5) is 0 Å². The number of hydrogen-bond acceptors (Lipinski definition) is 1. The monoisotopic (exact) mass is 191 g/mol. The molecule has 0 spiro atoms. The van der Waals surface area contributed by atoms with Crippen LogP contribution in [-0.2, 0) is 0 Å². The molecule has 0 unspecified atom stereocenters. The van der Waals surface area contributed by atoms with Gasteiger partial charge in [0, 0.05) is 0 Å². The number of benzene rings is 1. The Morgan fingerprint density at radius 1 is 1.46 bits per heavy atom. The molecule has 0 aliphatic heterocycles. The molecule has 1 aliphatic rings. The number of hydrogen-bond donors (Lipinski definition) is 0. The van der Waals surface area contributed by atoms with Crippen LogP contribution in [0, 0.1) is 18.3 Å². The van der Waals surface area contributed by atoms with Crippen molar-refractivity contribution < 1.29 is 0 Å². The Hall–Kier alpha value is -1.00. The van der Waals surface area contributed by atoms with E-state index in [1.54, 1.807) is 0 Å². The maximum Gasteiger partial charge on any atom is 0.101 e. The van der Waals surface area contributed by atoms with Crippen molar-refractivity contribution >= 4 is 11.6 Å². The molecule has 66 valence electrons.